The summed E-state index contributed by atoms with van der Waals surface area (Å²) in [5.74, 6) is -1.61. The van der Waals surface area contributed by atoms with Crippen molar-refractivity contribution in [2.75, 3.05) is 5.88 Å². The Hall–Kier alpha value is 0.150. The number of hydrogen-bond donors (Lipinski definition) is 0. The summed E-state index contributed by atoms with van der Waals surface area (Å²) in [5, 5.41) is 0. The molecule has 0 unspecified atom stereocenters. The van der Waals surface area contributed by atoms with Gasteiger partial charge in [-0.05, 0) is 31.1 Å². The van der Waals surface area contributed by atoms with E-state index in [0.717, 1.165) is 19.8 Å². The van der Waals surface area contributed by atoms with Gasteiger partial charge in [-0.15, -0.1) is 11.6 Å². The van der Waals surface area contributed by atoms with Gasteiger partial charge in [0.2, 0.25) is 5.92 Å². The fourth-order valence-electron chi connectivity index (χ4n) is 2.38. The molecule has 0 atom stereocenters. The van der Waals surface area contributed by atoms with Crippen LogP contribution < -0.4 is 0 Å². The minimum Gasteiger partial charge on any atom is -0.207 e. The van der Waals surface area contributed by atoms with Gasteiger partial charge in [-0.2, -0.15) is 0 Å². The van der Waals surface area contributed by atoms with Crippen LogP contribution in [0.5, 0.6) is 0 Å². The molecular formula is C9H15ClF2. The molecule has 0 aliphatic heterocycles. The summed E-state index contributed by atoms with van der Waals surface area (Å²) in [6.07, 6.45) is 1.67. The van der Waals surface area contributed by atoms with Crippen molar-refractivity contribution in [2.24, 2.45) is 11.3 Å². The topological polar surface area (TPSA) is 0 Å². The van der Waals surface area contributed by atoms with Gasteiger partial charge in [0.1, 0.15) is 0 Å². The van der Waals surface area contributed by atoms with Crippen LogP contribution in [0.15, 0.2) is 0 Å². The monoisotopic (exact) mass is 196 g/mol. The van der Waals surface area contributed by atoms with Gasteiger partial charge in [-0.3, -0.25) is 0 Å². The molecule has 1 aliphatic rings. The van der Waals surface area contributed by atoms with Gasteiger partial charge in [-0.1, -0.05) is 6.92 Å². The maximum absolute atomic E-state index is 12.7. The first-order valence-electron chi connectivity index (χ1n) is 4.31. The molecule has 0 spiro atoms. The summed E-state index contributed by atoms with van der Waals surface area (Å²) < 4.78 is 25.4. The number of hydrogen-bond acceptors (Lipinski definition) is 0. The molecule has 1 fully saturated rings. The van der Waals surface area contributed by atoms with Crippen LogP contribution in [-0.2, 0) is 0 Å². The molecule has 0 saturated heterocycles. The predicted molar refractivity (Wildman–Crippen MR) is 46.8 cm³/mol. The Morgan fingerprint density at radius 1 is 1.50 bits per heavy atom. The molecule has 0 nitrogen and oxygen atoms in total. The lowest BCUT2D eigenvalue weighted by molar-refractivity contribution is -0.0616. The van der Waals surface area contributed by atoms with Gasteiger partial charge < -0.3 is 0 Å². The third kappa shape index (κ3) is 2.32. The molecule has 0 aromatic heterocycles. The Kier molecular flexibility index (Phi) is 2.67. The maximum atomic E-state index is 12.7. The molecule has 0 aromatic rings. The standard InChI is InChI=1S/C9H15ClF2/c1-7-3-9(4-7,6-10)5-8(2,11)12/h7H,3-6H2,1-2H3. The zero-order valence-corrected chi connectivity index (χ0v) is 8.30. The SMILES string of the molecule is CC1CC(CCl)(CC(C)(F)F)C1. The molecular weight excluding hydrogens is 182 g/mol. The second-order valence-corrected chi connectivity index (χ2v) is 4.66. The first-order chi connectivity index (χ1) is 5.37. The summed E-state index contributed by atoms with van der Waals surface area (Å²) >= 11 is 5.70. The first kappa shape index (κ1) is 10.2. The Morgan fingerprint density at radius 2 is 2.00 bits per heavy atom. The fraction of sp³-hybridized carbons (Fsp3) is 1.00. The van der Waals surface area contributed by atoms with E-state index in [4.69, 9.17) is 11.6 Å². The van der Waals surface area contributed by atoms with Crippen LogP contribution >= 0.6 is 11.6 Å². The van der Waals surface area contributed by atoms with E-state index in [0.29, 0.717) is 11.8 Å². The van der Waals surface area contributed by atoms with E-state index in [2.05, 4.69) is 6.92 Å². The van der Waals surface area contributed by atoms with Crippen LogP contribution in [0.4, 0.5) is 8.78 Å². The van der Waals surface area contributed by atoms with E-state index in [1.165, 1.54) is 0 Å². The third-order valence-corrected chi connectivity index (χ3v) is 3.10. The highest BCUT2D eigenvalue weighted by molar-refractivity contribution is 6.18. The largest absolute Gasteiger partial charge is 0.246 e. The highest BCUT2D eigenvalue weighted by Crippen LogP contribution is 2.51. The molecule has 1 aliphatic carbocycles. The molecule has 0 N–H and O–H groups in total. The molecule has 0 bridgehead atoms. The first-order valence-corrected chi connectivity index (χ1v) is 4.84. The van der Waals surface area contributed by atoms with Gasteiger partial charge in [0.25, 0.3) is 0 Å². The highest BCUT2D eigenvalue weighted by atomic mass is 35.5. The summed E-state index contributed by atoms with van der Waals surface area (Å²) in [4.78, 5) is 0. The average molecular weight is 197 g/mol. The van der Waals surface area contributed by atoms with Gasteiger partial charge in [-0.25, -0.2) is 8.78 Å². The molecule has 0 aromatic carbocycles. The van der Waals surface area contributed by atoms with E-state index < -0.39 is 5.92 Å². The average Bonchev–Trinajstić information content (AvgIpc) is 1.80. The van der Waals surface area contributed by atoms with Gasteiger partial charge in [0.15, 0.2) is 0 Å². The Bertz CT molecular complexity index is 156. The summed E-state index contributed by atoms with van der Waals surface area (Å²) in [7, 11) is 0. The molecule has 72 valence electrons. The van der Waals surface area contributed by atoms with Crippen molar-refractivity contribution in [3.63, 3.8) is 0 Å². The summed E-state index contributed by atoms with van der Waals surface area (Å²) in [6, 6.07) is 0. The second-order valence-electron chi connectivity index (χ2n) is 4.39. The van der Waals surface area contributed by atoms with Crippen molar-refractivity contribution in [1.29, 1.82) is 0 Å². The van der Waals surface area contributed by atoms with E-state index in [9.17, 15) is 8.78 Å². The lowest BCUT2D eigenvalue weighted by Gasteiger charge is -2.46. The van der Waals surface area contributed by atoms with Crippen LogP contribution in [0.3, 0.4) is 0 Å². The minimum absolute atomic E-state index is 0.0478. The Morgan fingerprint density at radius 3 is 2.25 bits per heavy atom. The van der Waals surface area contributed by atoms with Gasteiger partial charge in [0, 0.05) is 12.3 Å². The van der Waals surface area contributed by atoms with Crippen molar-refractivity contribution in [2.45, 2.75) is 39.0 Å². The molecule has 0 amide bonds. The third-order valence-electron chi connectivity index (χ3n) is 2.53. The van der Waals surface area contributed by atoms with Crippen LogP contribution in [0, 0.1) is 11.3 Å². The molecule has 3 heteroatoms. The maximum Gasteiger partial charge on any atom is 0.246 e. The smallest absolute Gasteiger partial charge is 0.207 e. The Labute approximate surface area is 77.3 Å². The van der Waals surface area contributed by atoms with E-state index in [1.54, 1.807) is 0 Å². The van der Waals surface area contributed by atoms with E-state index in [-0.39, 0.29) is 11.8 Å². The Balaban J connectivity index is 2.48. The molecule has 1 saturated carbocycles. The number of alkyl halides is 3. The lowest BCUT2D eigenvalue weighted by Crippen LogP contribution is -2.41. The van der Waals surface area contributed by atoms with Crippen molar-refractivity contribution in [1.82, 2.24) is 0 Å². The fourth-order valence-corrected chi connectivity index (χ4v) is 2.69. The molecule has 0 heterocycles. The molecule has 12 heavy (non-hydrogen) atoms. The number of rotatable bonds is 3. The normalized spacial score (nSPS) is 36.2. The van der Waals surface area contributed by atoms with Gasteiger partial charge >= 0.3 is 0 Å². The summed E-state index contributed by atoms with van der Waals surface area (Å²) in [6.45, 7) is 3.06. The van der Waals surface area contributed by atoms with E-state index >= 15 is 0 Å². The summed E-state index contributed by atoms with van der Waals surface area (Å²) in [5.41, 5.74) is -0.265. The molecule has 0 radical (unpaired) electrons. The van der Waals surface area contributed by atoms with E-state index in [1.807, 2.05) is 0 Å². The van der Waals surface area contributed by atoms with Crippen LogP contribution in [0.25, 0.3) is 0 Å². The minimum atomic E-state index is -2.56. The van der Waals surface area contributed by atoms with Crippen molar-refractivity contribution in [3.05, 3.63) is 0 Å². The number of halogens is 3. The zero-order valence-electron chi connectivity index (χ0n) is 7.54. The molecule has 1 rings (SSSR count). The van der Waals surface area contributed by atoms with Crippen LogP contribution in [-0.4, -0.2) is 11.8 Å². The highest BCUT2D eigenvalue weighted by Gasteiger charge is 2.46. The van der Waals surface area contributed by atoms with Crippen LogP contribution in [0.2, 0.25) is 0 Å². The predicted octanol–water partition coefficient (Wildman–Crippen LogP) is 3.69. The lowest BCUT2D eigenvalue weighted by atomic mass is 9.61. The second kappa shape index (κ2) is 3.13. The van der Waals surface area contributed by atoms with Crippen LogP contribution in [0.1, 0.15) is 33.1 Å². The van der Waals surface area contributed by atoms with Gasteiger partial charge in [0.05, 0.1) is 0 Å². The van der Waals surface area contributed by atoms with Crippen molar-refractivity contribution < 1.29 is 8.78 Å². The zero-order chi connectivity index (χ0) is 9.41. The van der Waals surface area contributed by atoms with Crippen molar-refractivity contribution >= 4 is 11.6 Å². The van der Waals surface area contributed by atoms with Crippen molar-refractivity contribution in [3.8, 4) is 0 Å². The quantitative estimate of drug-likeness (QED) is 0.604.